The minimum Gasteiger partial charge on any atom is -0.496 e. The Kier molecular flexibility index (Phi) is 7.89. The molecule has 0 aromatic heterocycles. The summed E-state index contributed by atoms with van der Waals surface area (Å²) < 4.78 is 33.3. The van der Waals surface area contributed by atoms with Crippen LogP contribution in [0.3, 0.4) is 0 Å². The lowest BCUT2D eigenvalue weighted by atomic mass is 10.1. The van der Waals surface area contributed by atoms with Crippen LogP contribution in [0.1, 0.15) is 22.8 Å². The SMILES string of the molecule is COC(=O)c1cc(Br)c(CSCC(C)CS(C)(=O)=O)cc1OC. The molecule has 0 saturated heterocycles. The number of ether oxygens (including phenoxy) is 2. The van der Waals surface area contributed by atoms with Gasteiger partial charge in [-0.1, -0.05) is 22.9 Å². The van der Waals surface area contributed by atoms with Gasteiger partial charge in [-0.3, -0.25) is 0 Å². The zero-order chi connectivity index (χ0) is 17.6. The topological polar surface area (TPSA) is 69.7 Å². The van der Waals surface area contributed by atoms with Crippen LogP contribution < -0.4 is 4.74 Å². The smallest absolute Gasteiger partial charge is 0.341 e. The number of carbonyl (C=O) groups excluding carboxylic acids is 1. The van der Waals surface area contributed by atoms with Crippen LogP contribution in [-0.4, -0.2) is 46.4 Å². The van der Waals surface area contributed by atoms with Crippen molar-refractivity contribution in [2.75, 3.05) is 32.0 Å². The number of hydrogen-bond donors (Lipinski definition) is 0. The molecule has 0 saturated carbocycles. The average molecular weight is 425 g/mol. The van der Waals surface area contributed by atoms with E-state index in [2.05, 4.69) is 15.9 Å². The van der Waals surface area contributed by atoms with E-state index in [0.717, 1.165) is 15.8 Å². The molecule has 8 heteroatoms. The van der Waals surface area contributed by atoms with Crippen molar-refractivity contribution in [3.05, 3.63) is 27.7 Å². The fourth-order valence-electron chi connectivity index (χ4n) is 2.08. The van der Waals surface area contributed by atoms with Crippen molar-refractivity contribution in [1.29, 1.82) is 0 Å². The number of benzene rings is 1. The summed E-state index contributed by atoms with van der Waals surface area (Å²) in [4.78, 5) is 11.7. The Labute approximate surface area is 150 Å². The molecule has 0 spiro atoms. The lowest BCUT2D eigenvalue weighted by Crippen LogP contribution is -2.14. The lowest BCUT2D eigenvalue weighted by molar-refractivity contribution is 0.0597. The van der Waals surface area contributed by atoms with E-state index in [1.54, 1.807) is 23.9 Å². The molecule has 130 valence electrons. The molecule has 5 nitrogen and oxygen atoms in total. The van der Waals surface area contributed by atoms with E-state index < -0.39 is 15.8 Å². The molecule has 1 aromatic carbocycles. The Morgan fingerprint density at radius 2 is 2.00 bits per heavy atom. The van der Waals surface area contributed by atoms with Crippen molar-refractivity contribution in [2.45, 2.75) is 12.7 Å². The molecule has 1 rings (SSSR count). The number of rotatable bonds is 8. The molecule has 0 aliphatic heterocycles. The van der Waals surface area contributed by atoms with Crippen molar-refractivity contribution in [3.63, 3.8) is 0 Å². The predicted molar refractivity (Wildman–Crippen MR) is 97.1 cm³/mol. The molecule has 0 bridgehead atoms. The zero-order valence-corrected chi connectivity index (χ0v) is 16.8. The van der Waals surface area contributed by atoms with Gasteiger partial charge in [-0.15, -0.1) is 0 Å². The number of sulfone groups is 1. The van der Waals surface area contributed by atoms with Gasteiger partial charge >= 0.3 is 5.97 Å². The van der Waals surface area contributed by atoms with Crippen molar-refractivity contribution in [1.82, 2.24) is 0 Å². The third-order valence-electron chi connectivity index (χ3n) is 3.02. The highest BCUT2D eigenvalue weighted by Crippen LogP contribution is 2.31. The fraction of sp³-hybridized carbons (Fsp3) is 0.533. The molecule has 0 aliphatic rings. The van der Waals surface area contributed by atoms with E-state index in [4.69, 9.17) is 9.47 Å². The Hall–Kier alpha value is -0.730. The first-order valence-corrected chi connectivity index (χ1v) is 10.9. The van der Waals surface area contributed by atoms with Gasteiger partial charge in [0.25, 0.3) is 0 Å². The Morgan fingerprint density at radius 1 is 1.35 bits per heavy atom. The van der Waals surface area contributed by atoms with Gasteiger partial charge in [0.1, 0.15) is 21.2 Å². The Bertz CT molecular complexity index is 658. The average Bonchev–Trinajstić information content (AvgIpc) is 2.45. The van der Waals surface area contributed by atoms with E-state index >= 15 is 0 Å². The maximum Gasteiger partial charge on any atom is 0.341 e. The molecular formula is C15H21BrO5S2. The highest BCUT2D eigenvalue weighted by atomic mass is 79.9. The summed E-state index contributed by atoms with van der Waals surface area (Å²) in [6.45, 7) is 1.92. The van der Waals surface area contributed by atoms with Gasteiger partial charge in [-0.05, 0) is 29.4 Å². The second kappa shape index (κ2) is 8.94. The van der Waals surface area contributed by atoms with E-state index in [1.165, 1.54) is 20.5 Å². The van der Waals surface area contributed by atoms with E-state index in [1.807, 2.05) is 6.92 Å². The number of hydrogen-bond acceptors (Lipinski definition) is 6. The summed E-state index contributed by atoms with van der Waals surface area (Å²) in [7, 11) is -0.126. The second-order valence-corrected chi connectivity index (χ2v) is 9.42. The van der Waals surface area contributed by atoms with E-state index in [9.17, 15) is 13.2 Å². The monoisotopic (exact) mass is 424 g/mol. The summed E-state index contributed by atoms with van der Waals surface area (Å²) >= 11 is 5.09. The summed E-state index contributed by atoms with van der Waals surface area (Å²) in [5, 5.41) is 0. The molecule has 0 N–H and O–H groups in total. The van der Waals surface area contributed by atoms with Gasteiger partial charge in [0, 0.05) is 16.5 Å². The maximum atomic E-state index is 11.7. The summed E-state index contributed by atoms with van der Waals surface area (Å²) in [6, 6.07) is 3.48. The third-order valence-corrected chi connectivity index (χ3v) is 6.25. The molecule has 1 aromatic rings. The summed E-state index contributed by atoms with van der Waals surface area (Å²) in [5.74, 6) is 1.70. The molecule has 0 amide bonds. The van der Waals surface area contributed by atoms with Crippen molar-refractivity contribution in [3.8, 4) is 5.75 Å². The van der Waals surface area contributed by atoms with Crippen LogP contribution in [0.2, 0.25) is 0 Å². The molecule has 23 heavy (non-hydrogen) atoms. The molecular weight excluding hydrogens is 404 g/mol. The van der Waals surface area contributed by atoms with Gasteiger partial charge in [-0.2, -0.15) is 11.8 Å². The van der Waals surface area contributed by atoms with Crippen LogP contribution in [0.15, 0.2) is 16.6 Å². The third kappa shape index (κ3) is 6.73. The summed E-state index contributed by atoms with van der Waals surface area (Å²) in [5.41, 5.74) is 1.34. The van der Waals surface area contributed by atoms with Crippen LogP contribution in [-0.2, 0) is 20.3 Å². The number of halogens is 1. The highest BCUT2D eigenvalue weighted by molar-refractivity contribution is 9.10. The minimum absolute atomic E-state index is 0.0880. The molecule has 1 unspecified atom stereocenters. The largest absolute Gasteiger partial charge is 0.496 e. The van der Waals surface area contributed by atoms with Crippen LogP contribution in [0.4, 0.5) is 0 Å². The zero-order valence-electron chi connectivity index (χ0n) is 13.6. The molecule has 0 fully saturated rings. The normalized spacial score (nSPS) is 12.7. The quantitative estimate of drug-likeness (QED) is 0.596. The van der Waals surface area contributed by atoms with Crippen molar-refractivity contribution < 1.29 is 22.7 Å². The first-order chi connectivity index (χ1) is 10.7. The van der Waals surface area contributed by atoms with E-state index in [0.29, 0.717) is 17.1 Å². The van der Waals surface area contributed by atoms with Gasteiger partial charge in [-0.25, -0.2) is 13.2 Å². The molecule has 1 atom stereocenters. The van der Waals surface area contributed by atoms with Crippen LogP contribution in [0.25, 0.3) is 0 Å². The van der Waals surface area contributed by atoms with Gasteiger partial charge in [0.2, 0.25) is 0 Å². The molecule has 0 heterocycles. The maximum absolute atomic E-state index is 11.7. The number of methoxy groups -OCH3 is 2. The Balaban J connectivity index is 2.76. The Morgan fingerprint density at radius 3 is 2.52 bits per heavy atom. The molecule has 0 radical (unpaired) electrons. The highest BCUT2D eigenvalue weighted by Gasteiger charge is 2.17. The van der Waals surface area contributed by atoms with Crippen LogP contribution >= 0.6 is 27.7 Å². The predicted octanol–water partition coefficient (Wildman–Crippen LogP) is 3.16. The second-order valence-electron chi connectivity index (χ2n) is 5.35. The first kappa shape index (κ1) is 20.3. The lowest BCUT2D eigenvalue weighted by Gasteiger charge is -2.13. The van der Waals surface area contributed by atoms with Gasteiger partial charge in [0.15, 0.2) is 0 Å². The minimum atomic E-state index is -2.95. The number of carbonyl (C=O) groups is 1. The van der Waals surface area contributed by atoms with Gasteiger partial charge < -0.3 is 9.47 Å². The fourth-order valence-corrected chi connectivity index (χ4v) is 5.15. The van der Waals surface area contributed by atoms with Gasteiger partial charge in [0.05, 0.1) is 20.0 Å². The standard InChI is InChI=1S/C15H21BrO5S2/c1-10(9-23(4,18)19)7-22-8-11-5-14(20-2)12(6-13(11)16)15(17)21-3/h5-6,10H,7-9H2,1-4H3. The van der Waals surface area contributed by atoms with Crippen molar-refractivity contribution in [2.24, 2.45) is 5.92 Å². The molecule has 0 aliphatic carbocycles. The first-order valence-electron chi connectivity index (χ1n) is 6.88. The van der Waals surface area contributed by atoms with Crippen LogP contribution in [0.5, 0.6) is 5.75 Å². The number of thioether (sulfide) groups is 1. The number of esters is 1. The summed E-state index contributed by atoms with van der Waals surface area (Å²) in [6.07, 6.45) is 1.25. The van der Waals surface area contributed by atoms with Crippen LogP contribution in [0, 0.1) is 5.92 Å². The van der Waals surface area contributed by atoms with E-state index in [-0.39, 0.29) is 11.7 Å². The van der Waals surface area contributed by atoms with Crippen molar-refractivity contribution >= 4 is 43.5 Å².